The predicted octanol–water partition coefficient (Wildman–Crippen LogP) is 0.847. The number of piperidine rings is 2. The Balaban J connectivity index is 1.35. The van der Waals surface area contributed by atoms with Gasteiger partial charge in [0.1, 0.15) is 0 Å². The molecule has 3 rings (SSSR count). The first-order valence-electron chi connectivity index (χ1n) is 9.52. The summed E-state index contributed by atoms with van der Waals surface area (Å²) >= 11 is 0. The highest BCUT2D eigenvalue weighted by Crippen LogP contribution is 2.24. The van der Waals surface area contributed by atoms with Crippen LogP contribution in [0.2, 0.25) is 0 Å². The van der Waals surface area contributed by atoms with Crippen molar-refractivity contribution in [2.75, 3.05) is 59.4 Å². The second-order valence-corrected chi connectivity index (χ2v) is 8.14. The normalized spacial score (nSPS) is 30.0. The average molecular weight is 322 g/mol. The fourth-order valence-corrected chi connectivity index (χ4v) is 4.60. The predicted molar refractivity (Wildman–Crippen MR) is 93.1 cm³/mol. The van der Waals surface area contributed by atoms with Crippen LogP contribution in [0.5, 0.6) is 0 Å². The van der Waals surface area contributed by atoms with Crippen molar-refractivity contribution in [3.8, 4) is 0 Å². The highest BCUT2D eigenvalue weighted by molar-refractivity contribution is 5.76. The fraction of sp³-hybridized carbons (Fsp3) is 0.944. The van der Waals surface area contributed by atoms with E-state index in [1.54, 1.807) is 0 Å². The zero-order valence-corrected chi connectivity index (χ0v) is 14.8. The van der Waals surface area contributed by atoms with E-state index in [0.717, 1.165) is 37.8 Å². The first kappa shape index (κ1) is 17.2. The minimum absolute atomic E-state index is 0.102. The molecule has 0 aromatic heterocycles. The molecule has 3 heterocycles. The van der Waals surface area contributed by atoms with Crippen LogP contribution in [0.25, 0.3) is 0 Å². The molecule has 0 spiro atoms. The van der Waals surface area contributed by atoms with Crippen molar-refractivity contribution < 1.29 is 4.79 Å². The summed E-state index contributed by atoms with van der Waals surface area (Å²) in [4.78, 5) is 19.0. The molecule has 5 heteroatoms. The Kier molecular flexibility index (Phi) is 5.94. The molecule has 0 radical (unpaired) electrons. The van der Waals surface area contributed by atoms with Crippen molar-refractivity contribution in [3.05, 3.63) is 0 Å². The van der Waals surface area contributed by atoms with Gasteiger partial charge in [0.2, 0.25) is 5.91 Å². The average Bonchev–Trinajstić information content (AvgIpc) is 2.97. The maximum absolute atomic E-state index is 11.3. The van der Waals surface area contributed by atoms with Gasteiger partial charge in [-0.05, 0) is 83.7 Å². The highest BCUT2D eigenvalue weighted by Gasteiger charge is 2.29. The standard InChI is InChI=1S/C18H34N4O/c1-20-7-2-15(3-8-20)12-22-9-4-16(14-22)13-21-10-5-17(6-11-21)18(19)23/h15-17H,2-14H2,1H3,(H2,19,23). The van der Waals surface area contributed by atoms with Gasteiger partial charge in [-0.25, -0.2) is 0 Å². The Morgan fingerprint density at radius 1 is 0.870 bits per heavy atom. The van der Waals surface area contributed by atoms with E-state index in [1.807, 2.05) is 0 Å². The maximum atomic E-state index is 11.3. The zero-order chi connectivity index (χ0) is 16.2. The molecule has 3 aliphatic rings. The van der Waals surface area contributed by atoms with Gasteiger partial charge in [0.15, 0.2) is 0 Å². The number of hydrogen-bond donors (Lipinski definition) is 1. The highest BCUT2D eigenvalue weighted by atomic mass is 16.1. The molecule has 132 valence electrons. The summed E-state index contributed by atoms with van der Waals surface area (Å²) in [5.74, 6) is 1.76. The molecule has 0 bridgehead atoms. The number of nitrogens with two attached hydrogens (primary N) is 1. The van der Waals surface area contributed by atoms with Crippen molar-refractivity contribution >= 4 is 5.91 Å². The van der Waals surface area contributed by atoms with E-state index in [9.17, 15) is 4.79 Å². The summed E-state index contributed by atoms with van der Waals surface area (Å²) in [6, 6.07) is 0. The Hall–Kier alpha value is -0.650. The third-order valence-corrected chi connectivity index (χ3v) is 6.23. The molecule has 0 aromatic rings. The molecule has 1 atom stereocenters. The van der Waals surface area contributed by atoms with Gasteiger partial charge in [-0.3, -0.25) is 4.79 Å². The smallest absolute Gasteiger partial charge is 0.220 e. The minimum Gasteiger partial charge on any atom is -0.369 e. The number of carbonyl (C=O) groups is 1. The molecule has 3 fully saturated rings. The monoisotopic (exact) mass is 322 g/mol. The number of likely N-dealkylation sites (tertiary alicyclic amines) is 3. The van der Waals surface area contributed by atoms with E-state index in [1.165, 1.54) is 58.5 Å². The van der Waals surface area contributed by atoms with Gasteiger partial charge in [0.05, 0.1) is 0 Å². The molecule has 0 aromatic carbocycles. The maximum Gasteiger partial charge on any atom is 0.220 e. The number of carbonyl (C=O) groups excluding carboxylic acids is 1. The van der Waals surface area contributed by atoms with Crippen LogP contribution in [-0.2, 0) is 4.79 Å². The summed E-state index contributed by atoms with van der Waals surface area (Å²) in [5.41, 5.74) is 5.42. The Morgan fingerprint density at radius 3 is 2.09 bits per heavy atom. The molecule has 3 aliphatic heterocycles. The van der Waals surface area contributed by atoms with Crippen molar-refractivity contribution in [3.63, 3.8) is 0 Å². The van der Waals surface area contributed by atoms with Gasteiger partial charge >= 0.3 is 0 Å². The second-order valence-electron chi connectivity index (χ2n) is 8.14. The van der Waals surface area contributed by atoms with Crippen LogP contribution in [0, 0.1) is 17.8 Å². The number of primary amides is 1. The molecular formula is C18H34N4O. The van der Waals surface area contributed by atoms with Gasteiger partial charge in [-0.2, -0.15) is 0 Å². The van der Waals surface area contributed by atoms with Crippen molar-refractivity contribution in [2.45, 2.75) is 32.1 Å². The van der Waals surface area contributed by atoms with Crippen molar-refractivity contribution in [1.29, 1.82) is 0 Å². The summed E-state index contributed by atoms with van der Waals surface area (Å²) in [5, 5.41) is 0. The van der Waals surface area contributed by atoms with Gasteiger partial charge in [0, 0.05) is 25.6 Å². The lowest BCUT2D eigenvalue weighted by molar-refractivity contribution is -0.123. The number of amides is 1. The number of rotatable bonds is 5. The van der Waals surface area contributed by atoms with Gasteiger partial charge < -0.3 is 20.4 Å². The molecule has 1 unspecified atom stereocenters. The lowest BCUT2D eigenvalue weighted by Gasteiger charge is -2.33. The van der Waals surface area contributed by atoms with Crippen LogP contribution in [0.15, 0.2) is 0 Å². The summed E-state index contributed by atoms with van der Waals surface area (Å²) in [6.45, 7) is 9.76. The molecule has 0 saturated carbocycles. The molecule has 0 aliphatic carbocycles. The van der Waals surface area contributed by atoms with Crippen LogP contribution < -0.4 is 5.73 Å². The quantitative estimate of drug-likeness (QED) is 0.815. The third-order valence-electron chi connectivity index (χ3n) is 6.23. The summed E-state index contributed by atoms with van der Waals surface area (Å²) in [7, 11) is 2.24. The molecule has 5 nitrogen and oxygen atoms in total. The van der Waals surface area contributed by atoms with Gasteiger partial charge in [0.25, 0.3) is 0 Å². The lowest BCUT2D eigenvalue weighted by atomic mass is 9.95. The topological polar surface area (TPSA) is 52.8 Å². The SMILES string of the molecule is CN1CCC(CN2CCC(CN3CCC(C(N)=O)CC3)C2)CC1. The molecular weight excluding hydrogens is 288 g/mol. The van der Waals surface area contributed by atoms with Crippen LogP contribution in [-0.4, -0.2) is 80.0 Å². The van der Waals surface area contributed by atoms with Crippen LogP contribution in [0.1, 0.15) is 32.1 Å². The number of hydrogen-bond acceptors (Lipinski definition) is 4. The van der Waals surface area contributed by atoms with Crippen molar-refractivity contribution in [2.24, 2.45) is 23.5 Å². The van der Waals surface area contributed by atoms with Gasteiger partial charge in [-0.1, -0.05) is 0 Å². The van der Waals surface area contributed by atoms with E-state index in [2.05, 4.69) is 21.7 Å². The molecule has 23 heavy (non-hydrogen) atoms. The molecule has 2 N–H and O–H groups in total. The third kappa shape index (κ3) is 4.91. The van der Waals surface area contributed by atoms with E-state index >= 15 is 0 Å². The largest absolute Gasteiger partial charge is 0.369 e. The van der Waals surface area contributed by atoms with E-state index in [-0.39, 0.29) is 11.8 Å². The summed E-state index contributed by atoms with van der Waals surface area (Å²) in [6.07, 6.45) is 6.02. The van der Waals surface area contributed by atoms with Gasteiger partial charge in [-0.15, -0.1) is 0 Å². The first-order valence-corrected chi connectivity index (χ1v) is 9.52. The zero-order valence-electron chi connectivity index (χ0n) is 14.8. The number of nitrogens with zero attached hydrogens (tertiary/aromatic N) is 3. The Labute approximate surface area is 141 Å². The van der Waals surface area contributed by atoms with E-state index in [4.69, 9.17) is 5.73 Å². The minimum atomic E-state index is -0.102. The first-order chi connectivity index (χ1) is 11.1. The van der Waals surface area contributed by atoms with E-state index < -0.39 is 0 Å². The van der Waals surface area contributed by atoms with Crippen LogP contribution >= 0.6 is 0 Å². The Morgan fingerprint density at radius 2 is 1.43 bits per heavy atom. The van der Waals surface area contributed by atoms with Crippen LogP contribution in [0.3, 0.4) is 0 Å². The Bertz CT molecular complexity index is 386. The van der Waals surface area contributed by atoms with Crippen molar-refractivity contribution in [1.82, 2.24) is 14.7 Å². The van der Waals surface area contributed by atoms with E-state index in [0.29, 0.717) is 0 Å². The van der Waals surface area contributed by atoms with Crippen LogP contribution in [0.4, 0.5) is 0 Å². The lowest BCUT2D eigenvalue weighted by Crippen LogP contribution is -2.41. The fourth-order valence-electron chi connectivity index (χ4n) is 4.60. The second kappa shape index (κ2) is 7.95. The molecule has 1 amide bonds. The molecule has 3 saturated heterocycles. The summed E-state index contributed by atoms with van der Waals surface area (Å²) < 4.78 is 0.